The van der Waals surface area contributed by atoms with Crippen molar-refractivity contribution < 1.29 is 14.3 Å². The summed E-state index contributed by atoms with van der Waals surface area (Å²) in [7, 11) is 0. The molecule has 1 aromatic heterocycles. The molecule has 0 saturated heterocycles. The van der Waals surface area contributed by atoms with E-state index in [0.29, 0.717) is 44.0 Å². The largest absolute Gasteiger partial charge is 0.490 e. The zero-order valence-electron chi connectivity index (χ0n) is 15.6. The van der Waals surface area contributed by atoms with Crippen molar-refractivity contribution >= 4 is 45.7 Å². The fourth-order valence-electron chi connectivity index (χ4n) is 2.66. The van der Waals surface area contributed by atoms with Gasteiger partial charge in [-0.2, -0.15) is 9.78 Å². The van der Waals surface area contributed by atoms with E-state index in [1.165, 1.54) is 11.6 Å². The molecule has 0 amide bonds. The maximum Gasteiger partial charge on any atom is 0.308 e. The van der Waals surface area contributed by atoms with Gasteiger partial charge in [-0.3, -0.25) is 9.59 Å². The molecule has 3 aromatic rings. The highest BCUT2D eigenvalue weighted by Gasteiger charge is 2.14. The number of nitrogens with zero attached hydrogens (tertiary/aromatic N) is 3. The number of benzene rings is 2. The molecule has 0 saturated carbocycles. The third kappa shape index (κ3) is 4.22. The lowest BCUT2D eigenvalue weighted by atomic mass is 10.2. The molecule has 0 unspecified atom stereocenters. The highest BCUT2D eigenvalue weighted by Crippen LogP contribution is 2.34. The summed E-state index contributed by atoms with van der Waals surface area (Å²) in [6.45, 7) is 5.32. The first-order valence-electron chi connectivity index (χ1n) is 8.58. The Hall–Kier alpha value is -2.75. The summed E-state index contributed by atoms with van der Waals surface area (Å²) in [5.41, 5.74) is 1.09. The van der Waals surface area contributed by atoms with Crippen LogP contribution in [0.5, 0.6) is 11.5 Å². The van der Waals surface area contributed by atoms with Crippen LogP contribution in [0, 0.1) is 10.5 Å². The van der Waals surface area contributed by atoms with Crippen molar-refractivity contribution in [1.29, 1.82) is 0 Å². The monoisotopic (exact) mass is 491 g/mol. The van der Waals surface area contributed by atoms with Gasteiger partial charge < -0.3 is 9.47 Å². The zero-order chi connectivity index (χ0) is 20.3. The number of esters is 1. The molecule has 0 atom stereocenters. The molecule has 0 aliphatic carbocycles. The van der Waals surface area contributed by atoms with Gasteiger partial charge in [0.2, 0.25) is 0 Å². The van der Waals surface area contributed by atoms with Crippen LogP contribution in [0.25, 0.3) is 10.9 Å². The minimum Gasteiger partial charge on any atom is -0.490 e. The Kier molecular flexibility index (Phi) is 6.08. The van der Waals surface area contributed by atoms with Crippen molar-refractivity contribution in [3.63, 3.8) is 0 Å². The van der Waals surface area contributed by atoms with Crippen LogP contribution < -0.4 is 15.0 Å². The normalized spacial score (nSPS) is 11.1. The van der Waals surface area contributed by atoms with E-state index in [1.54, 1.807) is 43.5 Å². The van der Waals surface area contributed by atoms with Gasteiger partial charge in [0.25, 0.3) is 5.56 Å². The minimum absolute atomic E-state index is 0.240. The molecule has 1 heterocycles. The Morgan fingerprint density at radius 1 is 1.32 bits per heavy atom. The molecule has 8 heteroatoms. The number of fused-ring (bicyclic) bond motifs is 1. The van der Waals surface area contributed by atoms with Crippen LogP contribution in [0.2, 0.25) is 0 Å². The second-order valence-corrected chi connectivity index (χ2v) is 7.06. The van der Waals surface area contributed by atoms with Crippen LogP contribution in [-0.4, -0.2) is 28.5 Å². The van der Waals surface area contributed by atoms with E-state index in [2.05, 4.69) is 32.7 Å². The minimum atomic E-state index is -0.426. The van der Waals surface area contributed by atoms with Gasteiger partial charge in [0, 0.05) is 6.92 Å². The average molecular weight is 491 g/mol. The average Bonchev–Trinajstić information content (AvgIpc) is 2.64. The number of aromatic nitrogens is 2. The van der Waals surface area contributed by atoms with Crippen LogP contribution in [0.1, 0.15) is 25.2 Å². The summed E-state index contributed by atoms with van der Waals surface area (Å²) < 4.78 is 12.8. The predicted molar refractivity (Wildman–Crippen MR) is 115 cm³/mol. The molecule has 2 aromatic carbocycles. The quantitative estimate of drug-likeness (QED) is 0.236. The lowest BCUT2D eigenvalue weighted by Crippen LogP contribution is -2.20. The summed E-state index contributed by atoms with van der Waals surface area (Å²) >= 11 is 2.06. The fourth-order valence-corrected chi connectivity index (χ4v) is 3.40. The van der Waals surface area contributed by atoms with Gasteiger partial charge >= 0.3 is 5.97 Å². The summed E-state index contributed by atoms with van der Waals surface area (Å²) in [5, 5.41) is 4.81. The van der Waals surface area contributed by atoms with Crippen LogP contribution in [0.3, 0.4) is 0 Å². The SMILES string of the molecule is CCOc1cc(/C=N/n2c(C)nc3ccccc3c2=O)cc(I)c1OC(C)=O. The number of rotatable bonds is 5. The van der Waals surface area contributed by atoms with Crippen molar-refractivity contribution in [2.75, 3.05) is 6.61 Å². The molecule has 7 nitrogen and oxygen atoms in total. The molecule has 0 bridgehead atoms. The maximum absolute atomic E-state index is 12.7. The highest BCUT2D eigenvalue weighted by atomic mass is 127. The third-order valence-electron chi connectivity index (χ3n) is 3.82. The van der Waals surface area contributed by atoms with Gasteiger partial charge in [-0.15, -0.1) is 0 Å². The van der Waals surface area contributed by atoms with Crippen molar-refractivity contribution in [1.82, 2.24) is 9.66 Å². The number of hydrogen-bond donors (Lipinski definition) is 0. The Balaban J connectivity index is 2.04. The number of halogens is 1. The molecule has 0 fully saturated rings. The van der Waals surface area contributed by atoms with Crippen molar-refractivity contribution in [2.24, 2.45) is 5.10 Å². The van der Waals surface area contributed by atoms with E-state index < -0.39 is 5.97 Å². The smallest absolute Gasteiger partial charge is 0.308 e. The predicted octanol–water partition coefficient (Wildman–Crippen LogP) is 3.52. The molecular formula is C20H18IN3O4. The molecule has 144 valence electrons. The summed E-state index contributed by atoms with van der Waals surface area (Å²) in [6.07, 6.45) is 1.55. The molecule has 0 spiro atoms. The maximum atomic E-state index is 12.7. The van der Waals surface area contributed by atoms with Crippen molar-refractivity contribution in [3.05, 3.63) is 61.7 Å². The fraction of sp³-hybridized carbons (Fsp3) is 0.200. The van der Waals surface area contributed by atoms with Crippen LogP contribution in [-0.2, 0) is 4.79 Å². The first-order chi connectivity index (χ1) is 13.4. The Morgan fingerprint density at radius 2 is 2.07 bits per heavy atom. The lowest BCUT2D eigenvalue weighted by Gasteiger charge is -2.12. The number of ether oxygens (including phenoxy) is 2. The molecule has 0 aliphatic rings. The van der Waals surface area contributed by atoms with Gasteiger partial charge in [-0.25, -0.2) is 4.98 Å². The first-order valence-corrected chi connectivity index (χ1v) is 9.66. The topological polar surface area (TPSA) is 82.8 Å². The van der Waals surface area contributed by atoms with E-state index >= 15 is 0 Å². The summed E-state index contributed by atoms with van der Waals surface area (Å²) in [4.78, 5) is 28.5. The summed E-state index contributed by atoms with van der Waals surface area (Å²) in [6, 6.07) is 10.6. The second kappa shape index (κ2) is 8.51. The van der Waals surface area contributed by atoms with Crippen LogP contribution in [0.15, 0.2) is 46.3 Å². The van der Waals surface area contributed by atoms with Gasteiger partial charge in [-0.05, 0) is 66.3 Å². The third-order valence-corrected chi connectivity index (χ3v) is 4.62. The van der Waals surface area contributed by atoms with Gasteiger partial charge in [0.05, 0.1) is 27.3 Å². The Bertz CT molecular complexity index is 1140. The number of carbonyl (C=O) groups excluding carboxylic acids is 1. The molecule has 28 heavy (non-hydrogen) atoms. The molecule has 0 N–H and O–H groups in total. The molecule has 0 aliphatic heterocycles. The number of para-hydroxylation sites is 1. The van der Waals surface area contributed by atoms with E-state index in [0.717, 1.165) is 0 Å². The van der Waals surface area contributed by atoms with E-state index in [-0.39, 0.29) is 5.56 Å². The molecular weight excluding hydrogens is 473 g/mol. The van der Waals surface area contributed by atoms with Crippen molar-refractivity contribution in [2.45, 2.75) is 20.8 Å². The van der Waals surface area contributed by atoms with E-state index in [1.807, 2.05) is 13.0 Å². The zero-order valence-corrected chi connectivity index (χ0v) is 17.8. The van der Waals surface area contributed by atoms with Gasteiger partial charge in [0.1, 0.15) is 5.82 Å². The Morgan fingerprint density at radius 3 is 2.79 bits per heavy atom. The molecule has 0 radical (unpaired) electrons. The van der Waals surface area contributed by atoms with Gasteiger partial charge in [0.15, 0.2) is 11.5 Å². The standard InChI is InChI=1S/C20H18IN3O4/c1-4-27-18-10-14(9-16(21)19(18)28-13(3)25)11-22-24-12(2)23-17-8-6-5-7-15(17)20(24)26/h5-11H,4H2,1-3H3/b22-11+. The number of hydrogen-bond acceptors (Lipinski definition) is 6. The van der Waals surface area contributed by atoms with Crippen molar-refractivity contribution in [3.8, 4) is 11.5 Å². The van der Waals surface area contributed by atoms with E-state index in [9.17, 15) is 9.59 Å². The molecule has 3 rings (SSSR count). The van der Waals surface area contributed by atoms with Crippen LogP contribution in [0.4, 0.5) is 0 Å². The number of aryl methyl sites for hydroxylation is 1. The lowest BCUT2D eigenvalue weighted by molar-refractivity contribution is -0.132. The summed E-state index contributed by atoms with van der Waals surface area (Å²) in [5.74, 6) is 0.862. The van der Waals surface area contributed by atoms with E-state index in [4.69, 9.17) is 9.47 Å². The first kappa shape index (κ1) is 20.0. The van der Waals surface area contributed by atoms with Gasteiger partial charge in [-0.1, -0.05) is 12.1 Å². The van der Waals surface area contributed by atoms with Crippen LogP contribution >= 0.6 is 22.6 Å². The Labute approximate surface area is 175 Å². The highest BCUT2D eigenvalue weighted by molar-refractivity contribution is 14.1. The second-order valence-electron chi connectivity index (χ2n) is 5.89. The number of carbonyl (C=O) groups is 1.